The van der Waals surface area contributed by atoms with Crippen LogP contribution in [0.25, 0.3) is 21.9 Å². The molecule has 0 bridgehead atoms. The van der Waals surface area contributed by atoms with Crippen molar-refractivity contribution in [1.29, 1.82) is 0 Å². The predicted molar refractivity (Wildman–Crippen MR) is 101 cm³/mol. The molecule has 0 spiro atoms. The van der Waals surface area contributed by atoms with Gasteiger partial charge in [0.1, 0.15) is 6.04 Å². The molecule has 1 unspecified atom stereocenters. The zero-order chi connectivity index (χ0) is 18.1. The van der Waals surface area contributed by atoms with Gasteiger partial charge in [0.05, 0.1) is 6.61 Å². The van der Waals surface area contributed by atoms with Gasteiger partial charge in [-0.15, -0.1) is 0 Å². The fraction of sp³-hybridized carbons (Fsp3) is 0.143. The summed E-state index contributed by atoms with van der Waals surface area (Å²) in [4.78, 5) is 24.5. The summed E-state index contributed by atoms with van der Waals surface area (Å²) < 4.78 is 4.92. The van der Waals surface area contributed by atoms with Crippen LogP contribution in [0, 0.1) is 0 Å². The predicted octanol–water partition coefficient (Wildman–Crippen LogP) is 3.13. The lowest BCUT2D eigenvalue weighted by Gasteiger charge is -2.15. The fourth-order valence-corrected chi connectivity index (χ4v) is 3.31. The minimum atomic E-state index is -0.597. The maximum absolute atomic E-state index is 12.8. The van der Waals surface area contributed by atoms with Crippen LogP contribution in [-0.2, 0) is 9.53 Å². The monoisotopic (exact) mass is 346 g/mol. The first-order valence-electron chi connectivity index (χ1n) is 8.48. The number of benzene rings is 3. The molecule has 130 valence electrons. The molecular weight excluding hydrogens is 328 g/mol. The lowest BCUT2D eigenvalue weighted by Crippen LogP contribution is -2.38. The smallest absolute Gasteiger partial charge is 0.328 e. The minimum absolute atomic E-state index is 0.309. The third-order valence-electron chi connectivity index (χ3n) is 4.61. The van der Waals surface area contributed by atoms with Gasteiger partial charge in [0.2, 0.25) is 0 Å². The van der Waals surface area contributed by atoms with E-state index in [-0.39, 0.29) is 11.9 Å². The number of ether oxygens (including phenoxy) is 1. The maximum atomic E-state index is 12.8. The lowest BCUT2D eigenvalue weighted by atomic mass is 9.93. The van der Waals surface area contributed by atoms with Crippen LogP contribution in [0.3, 0.4) is 0 Å². The number of hydrogen-bond donors (Lipinski definition) is 2. The van der Waals surface area contributed by atoms with Crippen molar-refractivity contribution in [1.82, 2.24) is 5.32 Å². The number of nitrogens with one attached hydrogen (secondary N) is 1. The second-order valence-electron chi connectivity index (χ2n) is 6.31. The molecule has 0 radical (unpaired) electrons. The van der Waals surface area contributed by atoms with Crippen molar-refractivity contribution in [2.24, 2.45) is 0 Å². The maximum Gasteiger partial charge on any atom is 0.328 e. The van der Waals surface area contributed by atoms with E-state index in [1.807, 2.05) is 42.5 Å². The van der Waals surface area contributed by atoms with Crippen LogP contribution >= 0.6 is 0 Å². The van der Waals surface area contributed by atoms with Crippen molar-refractivity contribution in [2.75, 3.05) is 12.3 Å². The highest BCUT2D eigenvalue weighted by atomic mass is 16.5. The number of hydrogen-bond acceptors (Lipinski definition) is 4. The number of rotatable bonds is 3. The van der Waals surface area contributed by atoms with Crippen LogP contribution in [0.2, 0.25) is 0 Å². The molecule has 1 aliphatic rings. The largest absolute Gasteiger partial charge is 0.464 e. The van der Waals surface area contributed by atoms with Crippen molar-refractivity contribution >= 4 is 28.3 Å². The molecule has 3 aromatic carbocycles. The Kier molecular flexibility index (Phi) is 4.05. The summed E-state index contributed by atoms with van der Waals surface area (Å²) in [5, 5.41) is 4.89. The van der Waals surface area contributed by atoms with Gasteiger partial charge in [0.15, 0.2) is 0 Å². The van der Waals surface area contributed by atoms with Gasteiger partial charge < -0.3 is 15.8 Å². The summed E-state index contributed by atoms with van der Waals surface area (Å²) in [6, 6.07) is 18.5. The average Bonchev–Trinajstić information content (AvgIpc) is 3.05. The van der Waals surface area contributed by atoms with Crippen LogP contribution < -0.4 is 11.1 Å². The molecule has 4 rings (SSSR count). The summed E-state index contributed by atoms with van der Waals surface area (Å²) >= 11 is 0. The number of amides is 1. The molecule has 0 aliphatic carbocycles. The number of carbonyl (C=O) groups excluding carboxylic acids is 2. The first-order valence-corrected chi connectivity index (χ1v) is 8.48. The molecule has 1 amide bonds. The molecule has 0 saturated carbocycles. The second kappa shape index (κ2) is 6.52. The Balaban J connectivity index is 1.80. The Labute approximate surface area is 150 Å². The number of nitrogen functional groups attached to an aromatic ring is 1. The topological polar surface area (TPSA) is 81.4 Å². The zero-order valence-corrected chi connectivity index (χ0v) is 14.1. The highest BCUT2D eigenvalue weighted by Crippen LogP contribution is 2.32. The minimum Gasteiger partial charge on any atom is -0.464 e. The summed E-state index contributed by atoms with van der Waals surface area (Å²) in [5.74, 6) is -0.697. The Morgan fingerprint density at radius 3 is 2.65 bits per heavy atom. The van der Waals surface area contributed by atoms with Crippen molar-refractivity contribution in [3.05, 3.63) is 66.2 Å². The molecule has 26 heavy (non-hydrogen) atoms. The third kappa shape index (κ3) is 2.88. The van der Waals surface area contributed by atoms with E-state index in [9.17, 15) is 9.59 Å². The van der Waals surface area contributed by atoms with E-state index >= 15 is 0 Å². The first-order chi connectivity index (χ1) is 12.6. The van der Waals surface area contributed by atoms with E-state index in [2.05, 4.69) is 5.32 Å². The fourth-order valence-electron chi connectivity index (χ4n) is 3.31. The van der Waals surface area contributed by atoms with Crippen LogP contribution in [0.15, 0.2) is 60.7 Å². The van der Waals surface area contributed by atoms with Crippen LogP contribution in [0.4, 0.5) is 5.69 Å². The van der Waals surface area contributed by atoms with Gasteiger partial charge in [0, 0.05) is 17.7 Å². The molecule has 0 aromatic heterocycles. The van der Waals surface area contributed by atoms with E-state index in [0.717, 1.165) is 21.9 Å². The van der Waals surface area contributed by atoms with Crippen molar-refractivity contribution in [3.8, 4) is 11.1 Å². The van der Waals surface area contributed by atoms with E-state index in [0.29, 0.717) is 24.3 Å². The van der Waals surface area contributed by atoms with Crippen LogP contribution in [-0.4, -0.2) is 24.5 Å². The third-order valence-corrected chi connectivity index (χ3v) is 4.61. The number of carbonyl (C=O) groups is 2. The summed E-state index contributed by atoms with van der Waals surface area (Å²) in [6.07, 6.45) is 0.489. The number of anilines is 1. The van der Waals surface area contributed by atoms with E-state index in [1.165, 1.54) is 0 Å². The van der Waals surface area contributed by atoms with Gasteiger partial charge in [-0.25, -0.2) is 4.79 Å². The highest BCUT2D eigenvalue weighted by molar-refractivity contribution is 6.07. The van der Waals surface area contributed by atoms with Crippen LogP contribution in [0.1, 0.15) is 16.8 Å². The molecule has 1 saturated heterocycles. The van der Waals surface area contributed by atoms with Gasteiger partial charge in [-0.1, -0.05) is 42.5 Å². The van der Waals surface area contributed by atoms with E-state index in [4.69, 9.17) is 10.5 Å². The molecule has 1 atom stereocenters. The molecular formula is C21H18N2O3. The standard InChI is InChI=1S/C21H18N2O3/c22-14-8-9-17(20(24)23-19-10-11-26-21(19)25)18(12-14)16-7-3-5-13-4-1-2-6-15(13)16/h1-9,12,19H,10-11,22H2,(H,23,24). The highest BCUT2D eigenvalue weighted by Gasteiger charge is 2.29. The molecule has 1 fully saturated rings. The molecule has 5 nitrogen and oxygen atoms in total. The quantitative estimate of drug-likeness (QED) is 0.564. The number of fused-ring (bicyclic) bond motifs is 1. The summed E-state index contributed by atoms with van der Waals surface area (Å²) in [7, 11) is 0. The summed E-state index contributed by atoms with van der Waals surface area (Å²) in [6.45, 7) is 0.335. The lowest BCUT2D eigenvalue weighted by molar-refractivity contribution is -0.139. The second-order valence-corrected chi connectivity index (χ2v) is 6.31. The summed E-state index contributed by atoms with van der Waals surface area (Å²) in [5.41, 5.74) is 8.71. The molecule has 1 aliphatic heterocycles. The van der Waals surface area contributed by atoms with E-state index in [1.54, 1.807) is 18.2 Å². The van der Waals surface area contributed by atoms with Gasteiger partial charge >= 0.3 is 5.97 Å². The first kappa shape index (κ1) is 16.1. The zero-order valence-electron chi connectivity index (χ0n) is 14.1. The normalized spacial score (nSPS) is 16.5. The van der Waals surface area contributed by atoms with Crippen molar-refractivity contribution in [3.63, 3.8) is 0 Å². The van der Waals surface area contributed by atoms with Gasteiger partial charge in [-0.2, -0.15) is 0 Å². The molecule has 3 aromatic rings. The van der Waals surface area contributed by atoms with Gasteiger partial charge in [-0.05, 0) is 40.1 Å². The number of nitrogens with two attached hydrogens (primary N) is 1. The van der Waals surface area contributed by atoms with Crippen LogP contribution in [0.5, 0.6) is 0 Å². The SMILES string of the molecule is Nc1ccc(C(=O)NC2CCOC2=O)c(-c2cccc3ccccc23)c1. The Morgan fingerprint density at radius 1 is 1.04 bits per heavy atom. The van der Waals surface area contributed by atoms with Gasteiger partial charge in [0.25, 0.3) is 5.91 Å². The molecule has 5 heteroatoms. The Morgan fingerprint density at radius 2 is 1.85 bits per heavy atom. The van der Waals surface area contributed by atoms with Gasteiger partial charge in [-0.3, -0.25) is 4.79 Å². The molecule has 1 heterocycles. The Hall–Kier alpha value is -3.34. The molecule has 3 N–H and O–H groups in total. The number of esters is 1. The van der Waals surface area contributed by atoms with Crippen molar-refractivity contribution < 1.29 is 14.3 Å². The Bertz CT molecular complexity index is 1010. The van der Waals surface area contributed by atoms with E-state index < -0.39 is 6.04 Å². The average molecular weight is 346 g/mol. The van der Waals surface area contributed by atoms with Crippen molar-refractivity contribution in [2.45, 2.75) is 12.5 Å². The number of cyclic esters (lactones) is 1.